The van der Waals surface area contributed by atoms with Crippen molar-refractivity contribution >= 4 is 5.91 Å². The minimum Gasteiger partial charge on any atom is -0.338 e. The Hall–Kier alpha value is -1.31. The summed E-state index contributed by atoms with van der Waals surface area (Å²) in [6, 6.07) is 7.49. The Labute approximate surface area is 111 Å². The Kier molecular flexibility index (Phi) is 5.39. The average Bonchev–Trinajstić information content (AvgIpc) is 2.27. The van der Waals surface area contributed by atoms with Crippen LogP contribution in [0.3, 0.4) is 0 Å². The lowest BCUT2D eigenvalue weighted by molar-refractivity contribution is 0.0715. The third-order valence-corrected chi connectivity index (χ3v) is 2.66. The van der Waals surface area contributed by atoms with Gasteiger partial charge in [-0.25, -0.2) is 0 Å². The third kappa shape index (κ3) is 4.52. The Morgan fingerprint density at radius 3 is 1.89 bits per heavy atom. The number of hydrogen-bond donors (Lipinski definition) is 0. The van der Waals surface area contributed by atoms with E-state index in [9.17, 15) is 4.79 Å². The van der Waals surface area contributed by atoms with Gasteiger partial charge in [0.1, 0.15) is 0 Å². The minimum atomic E-state index is 0.123. The molecule has 0 aliphatic heterocycles. The van der Waals surface area contributed by atoms with Gasteiger partial charge in [0.25, 0.3) is 5.91 Å². The monoisotopic (exact) mass is 246 g/mol. The van der Waals surface area contributed by atoms with Crippen molar-refractivity contribution < 1.29 is 4.79 Å². The van der Waals surface area contributed by atoms with Crippen molar-refractivity contribution in [1.82, 2.24) is 4.90 Å². The first-order valence-electron chi connectivity index (χ1n) is 6.61. The van der Waals surface area contributed by atoms with Crippen LogP contribution in [-0.4, -0.2) is 23.9 Å². The van der Waals surface area contributed by atoms with Crippen molar-refractivity contribution in [2.24, 2.45) is 11.8 Å². The van der Waals surface area contributed by atoms with Gasteiger partial charge in [0.2, 0.25) is 0 Å². The van der Waals surface area contributed by atoms with Crippen LogP contribution in [0.15, 0.2) is 24.3 Å². The fraction of sp³-hybridized carbons (Fsp3) is 0.500. The quantitative estimate of drug-likeness (QED) is 0.777. The first-order chi connectivity index (χ1) is 8.40. The normalized spacial score (nSPS) is 11.1. The smallest absolute Gasteiger partial charge is 0.253 e. The van der Waals surface area contributed by atoms with E-state index in [1.807, 2.05) is 29.2 Å². The lowest BCUT2D eigenvalue weighted by Crippen LogP contribution is -2.37. The van der Waals surface area contributed by atoms with Crippen LogP contribution in [0.25, 0.3) is 0 Å². The van der Waals surface area contributed by atoms with E-state index in [2.05, 4.69) is 34.6 Å². The molecule has 1 aromatic carbocycles. The minimum absolute atomic E-state index is 0.123. The van der Waals surface area contributed by atoms with E-state index in [-0.39, 0.29) is 5.91 Å². The summed E-state index contributed by atoms with van der Waals surface area (Å²) >= 11 is 0. The molecule has 1 radical (unpaired) electrons. The number of carbonyl (C=O) groups is 1. The molecule has 2 heteroatoms. The molecule has 1 aromatic rings. The lowest BCUT2D eigenvalue weighted by Gasteiger charge is -2.26. The zero-order valence-corrected chi connectivity index (χ0v) is 11.9. The molecule has 0 saturated carbocycles. The molecule has 1 rings (SSSR count). The summed E-state index contributed by atoms with van der Waals surface area (Å²) in [7, 11) is 0. The maximum Gasteiger partial charge on any atom is 0.253 e. The molecule has 0 saturated heterocycles. The summed E-state index contributed by atoms with van der Waals surface area (Å²) in [5.74, 6) is 1.09. The number of rotatable bonds is 5. The maximum absolute atomic E-state index is 12.4. The van der Waals surface area contributed by atoms with Gasteiger partial charge in [-0.1, -0.05) is 39.8 Å². The number of hydrogen-bond acceptors (Lipinski definition) is 1. The van der Waals surface area contributed by atoms with E-state index in [1.54, 1.807) is 0 Å². The zero-order valence-electron chi connectivity index (χ0n) is 11.9. The van der Waals surface area contributed by atoms with Crippen LogP contribution in [0.2, 0.25) is 0 Å². The van der Waals surface area contributed by atoms with Gasteiger partial charge in [0, 0.05) is 18.7 Å². The molecule has 0 heterocycles. The topological polar surface area (TPSA) is 20.3 Å². The summed E-state index contributed by atoms with van der Waals surface area (Å²) in [5, 5.41) is 0. The molecule has 0 aliphatic rings. The Balaban J connectivity index is 2.83. The molecule has 0 aliphatic carbocycles. The average molecular weight is 246 g/mol. The Bertz CT molecular complexity index is 369. The Morgan fingerprint density at radius 2 is 1.50 bits per heavy atom. The zero-order chi connectivity index (χ0) is 13.7. The standard InChI is InChI=1S/C16H24NO/c1-12(2)10-17(11-13(3)4)16(18)15-8-6-14(5)7-9-15/h6-9,12-13H,5,10-11H2,1-4H3. The highest BCUT2D eigenvalue weighted by Crippen LogP contribution is 2.11. The van der Waals surface area contributed by atoms with Crippen LogP contribution in [0.5, 0.6) is 0 Å². The maximum atomic E-state index is 12.4. The van der Waals surface area contributed by atoms with Crippen LogP contribution in [-0.2, 0) is 0 Å². The van der Waals surface area contributed by atoms with Gasteiger partial charge in [-0.2, -0.15) is 0 Å². The van der Waals surface area contributed by atoms with Crippen LogP contribution in [0, 0.1) is 18.8 Å². The summed E-state index contributed by atoms with van der Waals surface area (Å²) in [6.07, 6.45) is 0. The van der Waals surface area contributed by atoms with Crippen molar-refractivity contribution in [3.8, 4) is 0 Å². The first kappa shape index (κ1) is 14.7. The number of carbonyl (C=O) groups excluding carboxylic acids is 1. The lowest BCUT2D eigenvalue weighted by atomic mass is 10.1. The molecule has 0 spiro atoms. The fourth-order valence-corrected chi connectivity index (χ4v) is 1.95. The van der Waals surface area contributed by atoms with Crippen molar-refractivity contribution in [1.29, 1.82) is 0 Å². The largest absolute Gasteiger partial charge is 0.338 e. The van der Waals surface area contributed by atoms with E-state index in [4.69, 9.17) is 0 Å². The van der Waals surface area contributed by atoms with E-state index in [0.717, 1.165) is 24.2 Å². The predicted molar refractivity (Wildman–Crippen MR) is 76.5 cm³/mol. The third-order valence-electron chi connectivity index (χ3n) is 2.66. The number of nitrogens with zero attached hydrogens (tertiary/aromatic N) is 1. The van der Waals surface area contributed by atoms with Crippen LogP contribution >= 0.6 is 0 Å². The van der Waals surface area contributed by atoms with Gasteiger partial charge in [0.15, 0.2) is 0 Å². The van der Waals surface area contributed by atoms with Gasteiger partial charge >= 0.3 is 0 Å². The molecule has 0 N–H and O–H groups in total. The number of amides is 1. The van der Waals surface area contributed by atoms with Gasteiger partial charge in [0.05, 0.1) is 0 Å². The molecule has 18 heavy (non-hydrogen) atoms. The summed E-state index contributed by atoms with van der Waals surface area (Å²) in [5.41, 5.74) is 1.69. The molecular weight excluding hydrogens is 222 g/mol. The van der Waals surface area contributed by atoms with E-state index in [0.29, 0.717) is 11.8 Å². The molecular formula is C16H24NO. The SMILES string of the molecule is [CH2]c1ccc(C(=O)N(CC(C)C)CC(C)C)cc1. The van der Waals surface area contributed by atoms with Gasteiger partial charge in [-0.15, -0.1) is 0 Å². The van der Waals surface area contributed by atoms with Gasteiger partial charge in [-0.05, 0) is 36.5 Å². The number of benzene rings is 1. The highest BCUT2D eigenvalue weighted by Gasteiger charge is 2.17. The summed E-state index contributed by atoms with van der Waals surface area (Å²) in [6.45, 7) is 14.0. The molecule has 0 fully saturated rings. The van der Waals surface area contributed by atoms with Crippen molar-refractivity contribution in [3.05, 3.63) is 42.3 Å². The van der Waals surface area contributed by atoms with Crippen molar-refractivity contribution in [2.75, 3.05) is 13.1 Å². The Morgan fingerprint density at radius 1 is 1.06 bits per heavy atom. The second-order valence-electron chi connectivity index (χ2n) is 5.69. The molecule has 0 unspecified atom stereocenters. The van der Waals surface area contributed by atoms with Crippen molar-refractivity contribution in [2.45, 2.75) is 27.7 Å². The van der Waals surface area contributed by atoms with Crippen LogP contribution in [0.1, 0.15) is 43.6 Å². The molecule has 1 amide bonds. The highest BCUT2D eigenvalue weighted by atomic mass is 16.2. The second kappa shape index (κ2) is 6.58. The first-order valence-corrected chi connectivity index (χ1v) is 6.61. The molecule has 0 bridgehead atoms. The van der Waals surface area contributed by atoms with Gasteiger partial charge in [-0.3, -0.25) is 4.79 Å². The van der Waals surface area contributed by atoms with E-state index < -0.39 is 0 Å². The van der Waals surface area contributed by atoms with Gasteiger partial charge < -0.3 is 4.90 Å². The molecule has 0 aromatic heterocycles. The predicted octanol–water partition coefficient (Wildman–Crippen LogP) is 3.62. The summed E-state index contributed by atoms with van der Waals surface area (Å²) < 4.78 is 0. The molecule has 0 atom stereocenters. The van der Waals surface area contributed by atoms with Crippen LogP contribution in [0.4, 0.5) is 0 Å². The summed E-state index contributed by atoms with van der Waals surface area (Å²) in [4.78, 5) is 14.4. The molecule has 2 nitrogen and oxygen atoms in total. The highest BCUT2D eigenvalue weighted by molar-refractivity contribution is 5.94. The van der Waals surface area contributed by atoms with E-state index >= 15 is 0 Å². The molecule has 99 valence electrons. The fourth-order valence-electron chi connectivity index (χ4n) is 1.95. The second-order valence-corrected chi connectivity index (χ2v) is 5.69. The van der Waals surface area contributed by atoms with Crippen LogP contribution < -0.4 is 0 Å². The van der Waals surface area contributed by atoms with E-state index in [1.165, 1.54) is 0 Å². The van der Waals surface area contributed by atoms with Crippen molar-refractivity contribution in [3.63, 3.8) is 0 Å².